The topological polar surface area (TPSA) is 66.5 Å². The fraction of sp³-hybridized carbons (Fsp3) is 0.350. The van der Waals surface area contributed by atoms with E-state index in [9.17, 15) is 13.2 Å². The summed E-state index contributed by atoms with van der Waals surface area (Å²) in [4.78, 5) is 13.6. The van der Waals surface area contributed by atoms with Gasteiger partial charge in [-0.1, -0.05) is 18.2 Å². The Labute approximate surface area is 165 Å². The first-order valence-corrected chi connectivity index (χ1v) is 11.6. The van der Waals surface area contributed by atoms with Crippen LogP contribution in [0.2, 0.25) is 0 Å². The van der Waals surface area contributed by atoms with Gasteiger partial charge in [-0.05, 0) is 67.3 Å². The minimum absolute atomic E-state index is 0.234. The highest BCUT2D eigenvalue weighted by atomic mass is 32.2. The Balaban J connectivity index is 1.72. The van der Waals surface area contributed by atoms with Crippen LogP contribution in [0.25, 0.3) is 0 Å². The van der Waals surface area contributed by atoms with Gasteiger partial charge in [-0.2, -0.15) is 4.31 Å². The van der Waals surface area contributed by atoms with Crippen LogP contribution in [-0.2, 0) is 27.7 Å². The molecule has 144 valence electrons. The first-order chi connectivity index (χ1) is 12.9. The van der Waals surface area contributed by atoms with Crippen LogP contribution in [0.4, 0.5) is 5.69 Å². The zero-order valence-corrected chi connectivity index (χ0v) is 17.2. The summed E-state index contributed by atoms with van der Waals surface area (Å²) in [6.07, 6.45) is 6.08. The molecule has 0 radical (unpaired) electrons. The lowest BCUT2D eigenvalue weighted by Gasteiger charge is -2.20. The zero-order chi connectivity index (χ0) is 19.4. The lowest BCUT2D eigenvalue weighted by atomic mass is 9.92. The predicted octanol–water partition coefficient (Wildman–Crippen LogP) is 3.55. The average molecular weight is 405 g/mol. The first-order valence-electron chi connectivity index (χ1n) is 8.93. The standard InChI is InChI=1S/C20H24N2O3S2/c1-22(14-20(23)21-18-9-5-6-10-19(18)26-2)27(24,25)17-12-11-15-7-3-4-8-16(15)13-17/h5-6,9-13H,3-4,7-8,14H2,1-2H3,(H,21,23). The van der Waals surface area contributed by atoms with E-state index in [1.807, 2.05) is 36.6 Å². The summed E-state index contributed by atoms with van der Waals surface area (Å²) in [6.45, 7) is -0.234. The van der Waals surface area contributed by atoms with E-state index in [0.29, 0.717) is 5.69 Å². The van der Waals surface area contributed by atoms with Gasteiger partial charge in [0.05, 0.1) is 17.1 Å². The van der Waals surface area contributed by atoms with Crippen LogP contribution >= 0.6 is 11.8 Å². The van der Waals surface area contributed by atoms with E-state index < -0.39 is 10.0 Å². The maximum Gasteiger partial charge on any atom is 0.243 e. The zero-order valence-electron chi connectivity index (χ0n) is 15.6. The van der Waals surface area contributed by atoms with Crippen LogP contribution in [0.1, 0.15) is 24.0 Å². The first kappa shape index (κ1) is 19.9. The molecule has 0 fully saturated rings. The van der Waals surface area contributed by atoms with E-state index in [2.05, 4.69) is 5.32 Å². The van der Waals surface area contributed by atoms with Crippen molar-refractivity contribution in [3.63, 3.8) is 0 Å². The molecule has 1 N–H and O–H groups in total. The summed E-state index contributed by atoms with van der Waals surface area (Å²) in [7, 11) is -2.27. The number of thioether (sulfide) groups is 1. The van der Waals surface area contributed by atoms with Gasteiger partial charge < -0.3 is 5.32 Å². The van der Waals surface area contributed by atoms with E-state index >= 15 is 0 Å². The van der Waals surface area contributed by atoms with E-state index in [0.717, 1.165) is 40.4 Å². The van der Waals surface area contributed by atoms with Crippen molar-refractivity contribution < 1.29 is 13.2 Å². The van der Waals surface area contributed by atoms with Crippen molar-refractivity contribution in [3.8, 4) is 0 Å². The number of benzene rings is 2. The lowest BCUT2D eigenvalue weighted by Crippen LogP contribution is -2.35. The number of nitrogens with one attached hydrogen (secondary N) is 1. The number of nitrogens with zero attached hydrogens (tertiary/aromatic N) is 1. The summed E-state index contributed by atoms with van der Waals surface area (Å²) in [6, 6.07) is 12.8. The SMILES string of the molecule is CSc1ccccc1NC(=O)CN(C)S(=O)(=O)c1ccc2c(c1)CCCC2. The number of sulfonamides is 1. The van der Waals surface area contributed by atoms with Crippen molar-refractivity contribution in [1.29, 1.82) is 0 Å². The van der Waals surface area contributed by atoms with Crippen molar-refractivity contribution in [2.24, 2.45) is 0 Å². The highest BCUT2D eigenvalue weighted by Crippen LogP contribution is 2.26. The summed E-state index contributed by atoms with van der Waals surface area (Å²) >= 11 is 1.53. The summed E-state index contributed by atoms with van der Waals surface area (Å²) < 4.78 is 26.8. The Morgan fingerprint density at radius 3 is 2.56 bits per heavy atom. The molecule has 7 heteroatoms. The van der Waals surface area contributed by atoms with Gasteiger partial charge in [-0.25, -0.2) is 8.42 Å². The van der Waals surface area contributed by atoms with Crippen molar-refractivity contribution in [2.75, 3.05) is 25.2 Å². The number of anilines is 1. The Morgan fingerprint density at radius 1 is 1.11 bits per heavy atom. The molecule has 1 aliphatic rings. The number of hydrogen-bond donors (Lipinski definition) is 1. The smallest absolute Gasteiger partial charge is 0.243 e. The summed E-state index contributed by atoms with van der Waals surface area (Å²) in [5.74, 6) is -0.361. The number of amides is 1. The summed E-state index contributed by atoms with van der Waals surface area (Å²) in [5.41, 5.74) is 3.03. The third kappa shape index (κ3) is 4.54. The lowest BCUT2D eigenvalue weighted by molar-refractivity contribution is -0.116. The van der Waals surface area contributed by atoms with E-state index in [1.165, 1.54) is 24.4 Å². The monoisotopic (exact) mass is 404 g/mol. The molecule has 0 bridgehead atoms. The van der Waals surface area contributed by atoms with Crippen molar-refractivity contribution >= 4 is 33.4 Å². The molecule has 0 spiro atoms. The molecular formula is C20H24N2O3S2. The number of carbonyl (C=O) groups excluding carboxylic acids is 1. The van der Waals surface area contributed by atoms with Gasteiger partial charge in [-0.3, -0.25) is 4.79 Å². The predicted molar refractivity (Wildman–Crippen MR) is 110 cm³/mol. The second kappa shape index (κ2) is 8.46. The van der Waals surface area contributed by atoms with E-state index in [1.54, 1.807) is 12.1 Å². The van der Waals surface area contributed by atoms with Crippen molar-refractivity contribution in [1.82, 2.24) is 4.31 Å². The Kier molecular flexibility index (Phi) is 6.24. The third-order valence-electron chi connectivity index (χ3n) is 4.78. The number of fused-ring (bicyclic) bond motifs is 1. The molecule has 0 saturated heterocycles. The van der Waals surface area contributed by atoms with Gasteiger partial charge in [0.25, 0.3) is 0 Å². The number of carbonyl (C=O) groups is 1. The molecule has 1 amide bonds. The van der Waals surface area contributed by atoms with E-state index in [-0.39, 0.29) is 17.3 Å². The second-order valence-corrected chi connectivity index (χ2v) is 9.54. The van der Waals surface area contributed by atoms with Crippen LogP contribution < -0.4 is 5.32 Å². The van der Waals surface area contributed by atoms with Crippen LogP contribution in [0.5, 0.6) is 0 Å². The van der Waals surface area contributed by atoms with E-state index in [4.69, 9.17) is 0 Å². The molecular weight excluding hydrogens is 380 g/mol. The van der Waals surface area contributed by atoms with Gasteiger partial charge in [0.1, 0.15) is 0 Å². The molecule has 0 atom stereocenters. The maximum atomic E-state index is 12.9. The van der Waals surface area contributed by atoms with Crippen LogP contribution in [0, 0.1) is 0 Å². The van der Waals surface area contributed by atoms with Gasteiger partial charge in [0.15, 0.2) is 0 Å². The second-order valence-electron chi connectivity index (χ2n) is 6.65. The maximum absolute atomic E-state index is 12.9. The molecule has 3 rings (SSSR count). The Morgan fingerprint density at radius 2 is 1.81 bits per heavy atom. The van der Waals surface area contributed by atoms with Crippen molar-refractivity contribution in [3.05, 3.63) is 53.6 Å². The van der Waals surface area contributed by atoms with Crippen LogP contribution in [0.15, 0.2) is 52.3 Å². The van der Waals surface area contributed by atoms with Gasteiger partial charge in [0, 0.05) is 11.9 Å². The van der Waals surface area contributed by atoms with Crippen molar-refractivity contribution in [2.45, 2.75) is 35.5 Å². The molecule has 0 aromatic heterocycles. The molecule has 0 saturated carbocycles. The quantitative estimate of drug-likeness (QED) is 0.748. The number of para-hydroxylation sites is 1. The molecule has 27 heavy (non-hydrogen) atoms. The van der Waals surface area contributed by atoms with Gasteiger partial charge >= 0.3 is 0 Å². The van der Waals surface area contributed by atoms with Gasteiger partial charge in [-0.15, -0.1) is 11.8 Å². The van der Waals surface area contributed by atoms with Crippen LogP contribution in [0.3, 0.4) is 0 Å². The average Bonchev–Trinajstić information content (AvgIpc) is 2.67. The number of hydrogen-bond acceptors (Lipinski definition) is 4. The number of likely N-dealkylation sites (N-methyl/N-ethyl adjacent to an activating group) is 1. The minimum atomic E-state index is -3.71. The van der Waals surface area contributed by atoms with Gasteiger partial charge in [0.2, 0.25) is 15.9 Å². The molecule has 0 aliphatic heterocycles. The largest absolute Gasteiger partial charge is 0.324 e. The Hall–Kier alpha value is -1.83. The molecule has 1 aliphatic carbocycles. The third-order valence-corrected chi connectivity index (χ3v) is 7.37. The highest BCUT2D eigenvalue weighted by molar-refractivity contribution is 7.98. The Bertz CT molecular complexity index is 942. The molecule has 0 unspecified atom stereocenters. The molecule has 2 aromatic rings. The minimum Gasteiger partial charge on any atom is -0.324 e. The fourth-order valence-corrected chi connectivity index (χ4v) is 5.01. The molecule has 2 aromatic carbocycles. The number of rotatable bonds is 6. The summed E-state index contributed by atoms with van der Waals surface area (Å²) in [5, 5.41) is 2.80. The fourth-order valence-electron chi connectivity index (χ4n) is 3.28. The van der Waals surface area contributed by atoms with Crippen LogP contribution in [-0.4, -0.2) is 38.5 Å². The molecule has 5 nitrogen and oxygen atoms in total. The number of aryl methyl sites for hydroxylation is 2. The normalized spacial score (nSPS) is 14.0. The highest BCUT2D eigenvalue weighted by Gasteiger charge is 2.24. The molecule has 0 heterocycles.